The van der Waals surface area contributed by atoms with E-state index in [2.05, 4.69) is 46.6 Å². The highest BCUT2D eigenvalue weighted by atomic mass is 19.3. The molecule has 0 radical (unpaired) electrons. The maximum Gasteiger partial charge on any atom is 0.319 e. The van der Waals surface area contributed by atoms with Crippen LogP contribution < -0.4 is 10.6 Å². The van der Waals surface area contributed by atoms with Gasteiger partial charge in [0.15, 0.2) is 5.96 Å². The first kappa shape index (κ1) is 19.9. The van der Waals surface area contributed by atoms with Gasteiger partial charge in [0.2, 0.25) is 0 Å². The highest BCUT2D eigenvalue weighted by Crippen LogP contribution is 2.30. The molecule has 2 aromatic rings. The number of nitrogens with zero attached hydrogens (tertiary/aromatic N) is 3. The van der Waals surface area contributed by atoms with Crippen LogP contribution in [-0.2, 0) is 12.0 Å². The summed E-state index contributed by atoms with van der Waals surface area (Å²) < 4.78 is 26.6. The molecule has 26 heavy (non-hydrogen) atoms. The first-order valence-corrected chi connectivity index (χ1v) is 8.86. The monoisotopic (exact) mass is 363 g/mol. The van der Waals surface area contributed by atoms with Gasteiger partial charge in [-0.25, -0.2) is 4.98 Å². The summed E-state index contributed by atoms with van der Waals surface area (Å²) in [5.41, 5.74) is 1.27. The van der Waals surface area contributed by atoms with Crippen LogP contribution in [0.5, 0.6) is 0 Å². The molecule has 142 valence electrons. The number of imidazole rings is 1. The Bertz CT molecular complexity index is 693. The lowest BCUT2D eigenvalue weighted by molar-refractivity contribution is 0.0668. The molecule has 0 atom stereocenters. The molecular weight excluding hydrogens is 336 g/mol. The molecule has 0 aliphatic carbocycles. The van der Waals surface area contributed by atoms with Gasteiger partial charge in [0.25, 0.3) is 0 Å². The average Bonchev–Trinajstić information content (AvgIpc) is 3.15. The Kier molecular flexibility index (Phi) is 7.12. The van der Waals surface area contributed by atoms with Crippen molar-refractivity contribution in [3.63, 3.8) is 0 Å². The van der Waals surface area contributed by atoms with Gasteiger partial charge in [-0.2, -0.15) is 8.78 Å². The fourth-order valence-electron chi connectivity index (χ4n) is 3.10. The molecule has 0 aliphatic rings. The summed E-state index contributed by atoms with van der Waals surface area (Å²) in [4.78, 5) is 8.17. The number of nitrogens with one attached hydrogen (secondary N) is 2. The quantitative estimate of drug-likeness (QED) is 0.555. The first-order valence-electron chi connectivity index (χ1n) is 8.86. The molecule has 0 unspecified atom stereocenters. The van der Waals surface area contributed by atoms with Crippen molar-refractivity contribution in [1.29, 1.82) is 0 Å². The Hall–Kier alpha value is -2.44. The second-order valence-corrected chi connectivity index (χ2v) is 6.16. The first-order chi connectivity index (χ1) is 12.6. The Morgan fingerprint density at radius 1 is 1.19 bits per heavy atom. The molecule has 0 saturated carbocycles. The third kappa shape index (κ3) is 4.59. The Balaban J connectivity index is 2.02. The predicted octanol–water partition coefficient (Wildman–Crippen LogP) is 3.70. The van der Waals surface area contributed by atoms with Crippen molar-refractivity contribution >= 4 is 5.96 Å². The van der Waals surface area contributed by atoms with Crippen molar-refractivity contribution in [3.8, 4) is 0 Å². The molecule has 2 rings (SSSR count). The van der Waals surface area contributed by atoms with Crippen LogP contribution in [0.2, 0.25) is 0 Å². The van der Waals surface area contributed by atoms with Crippen molar-refractivity contribution in [2.24, 2.45) is 4.99 Å². The van der Waals surface area contributed by atoms with Gasteiger partial charge in [-0.1, -0.05) is 44.2 Å². The van der Waals surface area contributed by atoms with Crippen LogP contribution in [0.25, 0.3) is 0 Å². The van der Waals surface area contributed by atoms with E-state index in [0.717, 1.165) is 17.4 Å². The number of alkyl halides is 2. The lowest BCUT2D eigenvalue weighted by Gasteiger charge is -2.33. The maximum atomic E-state index is 12.9. The second-order valence-electron chi connectivity index (χ2n) is 6.16. The van der Waals surface area contributed by atoms with Gasteiger partial charge in [-0.3, -0.25) is 9.56 Å². The lowest BCUT2D eigenvalue weighted by Crippen LogP contribution is -2.45. The summed E-state index contributed by atoms with van der Waals surface area (Å²) in [6.07, 6.45) is 4.60. The van der Waals surface area contributed by atoms with Gasteiger partial charge in [0.1, 0.15) is 5.82 Å². The molecule has 0 fully saturated rings. The van der Waals surface area contributed by atoms with Crippen LogP contribution in [0.15, 0.2) is 47.7 Å². The molecule has 0 amide bonds. The normalized spacial score (nSPS) is 12.5. The molecule has 0 bridgehead atoms. The van der Waals surface area contributed by atoms with E-state index in [9.17, 15) is 8.78 Å². The van der Waals surface area contributed by atoms with Crippen LogP contribution >= 0.6 is 0 Å². The van der Waals surface area contributed by atoms with E-state index in [4.69, 9.17) is 0 Å². The SMILES string of the molecule is CCC(CC)(CNC(=NC)NCc1nccn1C(F)F)c1ccccc1. The number of hydrogen-bond acceptors (Lipinski definition) is 2. The second kappa shape index (κ2) is 9.31. The minimum absolute atomic E-state index is 0.0136. The van der Waals surface area contributed by atoms with Crippen LogP contribution in [0.3, 0.4) is 0 Å². The lowest BCUT2D eigenvalue weighted by atomic mass is 9.76. The molecule has 1 aromatic heterocycles. The minimum atomic E-state index is -2.60. The predicted molar refractivity (Wildman–Crippen MR) is 100 cm³/mol. The van der Waals surface area contributed by atoms with E-state index in [-0.39, 0.29) is 17.8 Å². The average molecular weight is 363 g/mol. The van der Waals surface area contributed by atoms with Gasteiger partial charge < -0.3 is 10.6 Å². The highest BCUT2D eigenvalue weighted by Gasteiger charge is 2.28. The summed E-state index contributed by atoms with van der Waals surface area (Å²) in [7, 11) is 1.66. The standard InChI is InChI=1S/C19H27F2N5/c1-4-19(5-2,15-9-7-6-8-10-15)14-25-18(22-3)24-13-16-23-11-12-26(16)17(20)21/h6-12,17H,4-5,13-14H2,1-3H3,(H2,22,24,25). The highest BCUT2D eigenvalue weighted by molar-refractivity contribution is 5.79. The van der Waals surface area contributed by atoms with Gasteiger partial charge in [0, 0.05) is 31.4 Å². The summed E-state index contributed by atoms with van der Waals surface area (Å²) in [5, 5.41) is 6.40. The van der Waals surface area contributed by atoms with E-state index in [1.165, 1.54) is 18.0 Å². The summed E-state index contributed by atoms with van der Waals surface area (Å²) in [5.74, 6) is 0.833. The summed E-state index contributed by atoms with van der Waals surface area (Å²) >= 11 is 0. The zero-order valence-electron chi connectivity index (χ0n) is 15.5. The number of benzene rings is 1. The topological polar surface area (TPSA) is 54.2 Å². The van der Waals surface area contributed by atoms with Crippen LogP contribution in [-0.4, -0.2) is 29.1 Å². The van der Waals surface area contributed by atoms with Crippen molar-refractivity contribution in [1.82, 2.24) is 20.2 Å². The van der Waals surface area contributed by atoms with Crippen molar-refractivity contribution in [2.45, 2.75) is 45.2 Å². The number of aromatic nitrogens is 2. The van der Waals surface area contributed by atoms with Crippen molar-refractivity contribution in [2.75, 3.05) is 13.6 Å². The zero-order valence-corrected chi connectivity index (χ0v) is 15.5. The molecule has 0 saturated heterocycles. The number of rotatable bonds is 8. The maximum absolute atomic E-state index is 12.9. The van der Waals surface area contributed by atoms with E-state index >= 15 is 0 Å². The largest absolute Gasteiger partial charge is 0.356 e. The van der Waals surface area contributed by atoms with Gasteiger partial charge in [-0.15, -0.1) is 0 Å². The number of aliphatic imine (C=N–C) groups is 1. The molecular formula is C19H27F2N5. The fourth-order valence-corrected chi connectivity index (χ4v) is 3.10. The van der Waals surface area contributed by atoms with Crippen LogP contribution in [0, 0.1) is 0 Å². The number of hydrogen-bond donors (Lipinski definition) is 2. The molecule has 2 N–H and O–H groups in total. The van der Waals surface area contributed by atoms with E-state index < -0.39 is 6.55 Å². The van der Waals surface area contributed by atoms with Gasteiger partial charge in [0.05, 0.1) is 6.54 Å². The van der Waals surface area contributed by atoms with Gasteiger partial charge >= 0.3 is 6.55 Å². The third-order valence-electron chi connectivity index (χ3n) is 4.93. The van der Waals surface area contributed by atoms with Crippen molar-refractivity contribution in [3.05, 3.63) is 54.1 Å². The number of halogens is 2. The molecule has 7 heteroatoms. The minimum Gasteiger partial charge on any atom is -0.356 e. The third-order valence-corrected chi connectivity index (χ3v) is 4.93. The van der Waals surface area contributed by atoms with Crippen molar-refractivity contribution < 1.29 is 8.78 Å². The fraction of sp³-hybridized carbons (Fsp3) is 0.474. The Labute approximate surface area is 153 Å². The summed E-state index contributed by atoms with van der Waals surface area (Å²) in [6.45, 7) is 2.62. The Morgan fingerprint density at radius 3 is 2.46 bits per heavy atom. The summed E-state index contributed by atoms with van der Waals surface area (Å²) in [6, 6.07) is 10.4. The van der Waals surface area contributed by atoms with Crippen LogP contribution in [0.4, 0.5) is 8.78 Å². The molecule has 1 aromatic carbocycles. The smallest absolute Gasteiger partial charge is 0.319 e. The van der Waals surface area contributed by atoms with E-state index in [0.29, 0.717) is 12.5 Å². The van der Waals surface area contributed by atoms with Crippen LogP contribution in [0.1, 0.15) is 44.6 Å². The molecule has 1 heterocycles. The molecule has 0 aliphatic heterocycles. The van der Waals surface area contributed by atoms with Gasteiger partial charge in [-0.05, 0) is 18.4 Å². The van der Waals surface area contributed by atoms with E-state index in [1.807, 2.05) is 18.2 Å². The molecule has 5 nitrogen and oxygen atoms in total. The molecule has 0 spiro atoms. The van der Waals surface area contributed by atoms with E-state index in [1.54, 1.807) is 7.05 Å². The Morgan fingerprint density at radius 2 is 1.88 bits per heavy atom. The zero-order chi connectivity index (χ0) is 19.0. The number of guanidine groups is 1.